The largest absolute Gasteiger partial charge is 0.449 e. The van der Waals surface area contributed by atoms with Gasteiger partial charge in [-0.1, -0.05) is 18.2 Å². The first kappa shape index (κ1) is 20.7. The number of nitrogens with two attached hydrogens (primary N) is 1. The topological polar surface area (TPSA) is 123 Å². The summed E-state index contributed by atoms with van der Waals surface area (Å²) in [5.41, 5.74) is 5.74. The van der Waals surface area contributed by atoms with E-state index in [1.807, 2.05) is 0 Å². The SMILES string of the molecule is C[C@@H](OC(=O)c1cccnc1N)C(=O)N1CCN(S(=O)(=O)c2ccccc2)CC1. The van der Waals surface area contributed by atoms with Gasteiger partial charge in [-0.25, -0.2) is 18.2 Å². The Labute approximate surface area is 169 Å². The summed E-state index contributed by atoms with van der Waals surface area (Å²) in [4.78, 5) is 30.3. The number of amides is 1. The van der Waals surface area contributed by atoms with E-state index in [4.69, 9.17) is 10.5 Å². The molecule has 3 rings (SSSR count). The van der Waals surface area contributed by atoms with Gasteiger partial charge >= 0.3 is 5.97 Å². The van der Waals surface area contributed by atoms with E-state index in [0.717, 1.165) is 0 Å². The molecular formula is C19H22N4O5S. The lowest BCUT2D eigenvalue weighted by Crippen LogP contribution is -2.52. The lowest BCUT2D eigenvalue weighted by Gasteiger charge is -2.35. The molecule has 1 aliphatic rings. The molecule has 29 heavy (non-hydrogen) atoms. The minimum Gasteiger partial charge on any atom is -0.449 e. The highest BCUT2D eigenvalue weighted by Crippen LogP contribution is 2.18. The first-order chi connectivity index (χ1) is 13.8. The Morgan fingerprint density at radius 2 is 1.72 bits per heavy atom. The number of hydrogen-bond donors (Lipinski definition) is 1. The number of benzene rings is 1. The lowest BCUT2D eigenvalue weighted by molar-refractivity contribution is -0.141. The van der Waals surface area contributed by atoms with Gasteiger partial charge in [-0.3, -0.25) is 4.79 Å². The van der Waals surface area contributed by atoms with Gasteiger partial charge in [0, 0.05) is 32.4 Å². The Morgan fingerprint density at radius 3 is 2.34 bits per heavy atom. The molecule has 1 aromatic carbocycles. The molecule has 1 amide bonds. The second kappa shape index (κ2) is 8.58. The van der Waals surface area contributed by atoms with E-state index in [1.54, 1.807) is 36.4 Å². The average Bonchev–Trinajstić information content (AvgIpc) is 2.74. The fourth-order valence-electron chi connectivity index (χ4n) is 3.01. The zero-order chi connectivity index (χ0) is 21.0. The van der Waals surface area contributed by atoms with Crippen molar-refractivity contribution in [2.24, 2.45) is 0 Å². The fourth-order valence-corrected chi connectivity index (χ4v) is 4.46. The number of hydrogen-bond acceptors (Lipinski definition) is 7. The first-order valence-corrected chi connectivity index (χ1v) is 10.5. The van der Waals surface area contributed by atoms with E-state index in [0.29, 0.717) is 0 Å². The van der Waals surface area contributed by atoms with Crippen molar-refractivity contribution in [3.8, 4) is 0 Å². The van der Waals surface area contributed by atoms with Crippen LogP contribution >= 0.6 is 0 Å². The van der Waals surface area contributed by atoms with Crippen LogP contribution in [-0.2, 0) is 19.6 Å². The molecule has 2 N–H and O–H groups in total. The number of carbonyl (C=O) groups is 2. The summed E-state index contributed by atoms with van der Waals surface area (Å²) in [5, 5.41) is 0. The number of nitrogens with zero attached hydrogens (tertiary/aromatic N) is 3. The van der Waals surface area contributed by atoms with Crippen molar-refractivity contribution in [1.29, 1.82) is 0 Å². The van der Waals surface area contributed by atoms with Crippen LogP contribution in [0.15, 0.2) is 53.6 Å². The summed E-state index contributed by atoms with van der Waals surface area (Å²) in [6.07, 6.45) is 0.420. The zero-order valence-electron chi connectivity index (χ0n) is 15.9. The molecule has 0 bridgehead atoms. The van der Waals surface area contributed by atoms with Crippen molar-refractivity contribution in [3.05, 3.63) is 54.2 Å². The van der Waals surface area contributed by atoms with Crippen LogP contribution in [0.1, 0.15) is 17.3 Å². The molecule has 1 fully saturated rings. The molecule has 0 unspecified atom stereocenters. The molecule has 10 heteroatoms. The van der Waals surface area contributed by atoms with Crippen LogP contribution in [0, 0.1) is 0 Å². The Balaban J connectivity index is 1.58. The van der Waals surface area contributed by atoms with E-state index in [2.05, 4.69) is 4.98 Å². The van der Waals surface area contributed by atoms with Crippen molar-refractivity contribution >= 4 is 27.7 Å². The Morgan fingerprint density at radius 1 is 1.07 bits per heavy atom. The second-order valence-electron chi connectivity index (χ2n) is 6.53. The van der Waals surface area contributed by atoms with Crippen LogP contribution in [0.3, 0.4) is 0 Å². The van der Waals surface area contributed by atoms with Gasteiger partial charge in [-0.05, 0) is 31.2 Å². The molecule has 154 valence electrons. The number of pyridine rings is 1. The van der Waals surface area contributed by atoms with E-state index in [9.17, 15) is 18.0 Å². The van der Waals surface area contributed by atoms with Crippen LogP contribution in [0.4, 0.5) is 5.82 Å². The molecule has 1 aliphatic heterocycles. The van der Waals surface area contributed by atoms with Crippen LogP contribution in [-0.4, -0.2) is 66.8 Å². The van der Waals surface area contributed by atoms with Crippen LogP contribution in [0.2, 0.25) is 0 Å². The predicted molar refractivity (Wildman–Crippen MR) is 105 cm³/mol. The Bertz CT molecular complexity index is 989. The van der Waals surface area contributed by atoms with Crippen LogP contribution in [0.5, 0.6) is 0 Å². The molecule has 0 aliphatic carbocycles. The van der Waals surface area contributed by atoms with Crippen molar-refractivity contribution < 1.29 is 22.7 Å². The number of rotatable bonds is 5. The average molecular weight is 418 g/mol. The first-order valence-electron chi connectivity index (χ1n) is 9.06. The predicted octanol–water partition coefficient (Wildman–Crippen LogP) is 0.742. The number of nitrogen functional groups attached to an aromatic ring is 1. The molecule has 2 heterocycles. The van der Waals surface area contributed by atoms with E-state index in [1.165, 1.54) is 28.4 Å². The number of anilines is 1. The Kier molecular flexibility index (Phi) is 6.14. The quantitative estimate of drug-likeness (QED) is 0.711. The third-order valence-electron chi connectivity index (χ3n) is 4.62. The van der Waals surface area contributed by atoms with Gasteiger partial charge < -0.3 is 15.4 Å². The second-order valence-corrected chi connectivity index (χ2v) is 8.46. The fraction of sp³-hybridized carbons (Fsp3) is 0.316. The summed E-state index contributed by atoms with van der Waals surface area (Å²) in [6.45, 7) is 2.22. The molecule has 1 saturated heterocycles. The molecule has 0 spiro atoms. The molecular weight excluding hydrogens is 396 g/mol. The highest BCUT2D eigenvalue weighted by Gasteiger charge is 2.32. The monoisotopic (exact) mass is 418 g/mol. The number of carbonyl (C=O) groups excluding carboxylic acids is 2. The molecule has 2 aromatic rings. The molecule has 1 atom stereocenters. The number of aromatic nitrogens is 1. The van der Waals surface area contributed by atoms with Gasteiger partial charge in [0.15, 0.2) is 6.10 Å². The summed E-state index contributed by atoms with van der Waals surface area (Å²) >= 11 is 0. The van der Waals surface area contributed by atoms with Gasteiger partial charge in [-0.15, -0.1) is 0 Å². The van der Waals surface area contributed by atoms with Crippen LogP contribution < -0.4 is 5.73 Å². The maximum Gasteiger partial charge on any atom is 0.342 e. The standard InChI is InChI=1S/C19H22N4O5S/c1-14(28-19(25)16-8-5-9-21-17(16)20)18(24)22-10-12-23(13-11-22)29(26,27)15-6-3-2-4-7-15/h2-9,14H,10-13H2,1H3,(H2,20,21)/t14-/m1/s1. The number of esters is 1. The molecule has 9 nitrogen and oxygen atoms in total. The third-order valence-corrected chi connectivity index (χ3v) is 6.53. The summed E-state index contributed by atoms with van der Waals surface area (Å²) in [6, 6.07) is 11.2. The third kappa shape index (κ3) is 4.54. The van der Waals surface area contributed by atoms with Crippen molar-refractivity contribution in [2.45, 2.75) is 17.9 Å². The van der Waals surface area contributed by atoms with Gasteiger partial charge in [-0.2, -0.15) is 4.31 Å². The van der Waals surface area contributed by atoms with Gasteiger partial charge in [0.1, 0.15) is 11.4 Å². The van der Waals surface area contributed by atoms with Crippen molar-refractivity contribution in [2.75, 3.05) is 31.9 Å². The maximum atomic E-state index is 12.7. The lowest BCUT2D eigenvalue weighted by atomic mass is 10.2. The number of sulfonamides is 1. The van der Waals surface area contributed by atoms with E-state index < -0.39 is 28.0 Å². The molecule has 0 saturated carbocycles. The van der Waals surface area contributed by atoms with Crippen LogP contribution in [0.25, 0.3) is 0 Å². The zero-order valence-corrected chi connectivity index (χ0v) is 16.7. The van der Waals surface area contributed by atoms with Crippen molar-refractivity contribution in [1.82, 2.24) is 14.2 Å². The van der Waals surface area contributed by atoms with E-state index in [-0.39, 0.29) is 42.5 Å². The number of piperazine rings is 1. The molecule has 0 radical (unpaired) electrons. The maximum absolute atomic E-state index is 12.7. The Hall–Kier alpha value is -2.98. The number of ether oxygens (including phenoxy) is 1. The minimum absolute atomic E-state index is 0.0249. The smallest absolute Gasteiger partial charge is 0.342 e. The molecule has 1 aromatic heterocycles. The summed E-state index contributed by atoms with van der Waals surface area (Å²) in [7, 11) is -3.60. The van der Waals surface area contributed by atoms with Crippen molar-refractivity contribution in [3.63, 3.8) is 0 Å². The highest BCUT2D eigenvalue weighted by molar-refractivity contribution is 7.89. The minimum atomic E-state index is -3.60. The summed E-state index contributed by atoms with van der Waals surface area (Å²) in [5.74, 6) is -1.10. The van der Waals surface area contributed by atoms with Gasteiger partial charge in [0.05, 0.1) is 4.90 Å². The normalized spacial score (nSPS) is 16.2. The van der Waals surface area contributed by atoms with Gasteiger partial charge in [0.2, 0.25) is 10.0 Å². The van der Waals surface area contributed by atoms with E-state index >= 15 is 0 Å². The highest BCUT2D eigenvalue weighted by atomic mass is 32.2. The van der Waals surface area contributed by atoms with Gasteiger partial charge in [0.25, 0.3) is 5.91 Å². The summed E-state index contributed by atoms with van der Waals surface area (Å²) < 4.78 is 31.9.